The summed E-state index contributed by atoms with van der Waals surface area (Å²) in [6.07, 6.45) is 0.0343. The van der Waals surface area contributed by atoms with Gasteiger partial charge in [-0.2, -0.15) is 0 Å². The van der Waals surface area contributed by atoms with Gasteiger partial charge >= 0.3 is 12.1 Å². The van der Waals surface area contributed by atoms with E-state index in [0.717, 1.165) is 5.56 Å². The number of carboxylic acids is 1. The molecule has 0 radical (unpaired) electrons. The molecule has 0 bridgehead atoms. The van der Waals surface area contributed by atoms with Gasteiger partial charge in [0.15, 0.2) is 0 Å². The van der Waals surface area contributed by atoms with E-state index < -0.39 is 12.1 Å². The van der Waals surface area contributed by atoms with Gasteiger partial charge in [0.05, 0.1) is 11.3 Å². The molecule has 1 heterocycles. The number of hydrogen-bond donors (Lipinski definition) is 1. The predicted octanol–water partition coefficient (Wildman–Crippen LogP) is 3.85. The van der Waals surface area contributed by atoms with Gasteiger partial charge in [-0.1, -0.05) is 46.3 Å². The van der Waals surface area contributed by atoms with Crippen molar-refractivity contribution in [3.05, 3.63) is 63.6 Å². The van der Waals surface area contributed by atoms with E-state index in [1.54, 1.807) is 12.1 Å². The average molecular weight is 376 g/mol. The Morgan fingerprint density at radius 2 is 1.96 bits per heavy atom. The number of halogens is 1. The molecule has 1 aliphatic heterocycles. The minimum absolute atomic E-state index is 0.186. The third kappa shape index (κ3) is 3.22. The number of fused-ring (bicyclic) bond motifs is 1. The molecule has 6 heteroatoms. The number of benzene rings is 2. The maximum Gasteiger partial charge on any atom is 0.414 e. The molecule has 118 valence electrons. The van der Waals surface area contributed by atoms with Crippen LogP contribution in [0.1, 0.15) is 21.5 Å². The van der Waals surface area contributed by atoms with Crippen LogP contribution >= 0.6 is 15.9 Å². The van der Waals surface area contributed by atoms with Crippen molar-refractivity contribution < 1.29 is 19.4 Å². The maximum absolute atomic E-state index is 12.3. The molecule has 0 spiro atoms. The zero-order chi connectivity index (χ0) is 16.4. The van der Waals surface area contributed by atoms with Crippen LogP contribution in [-0.2, 0) is 17.8 Å². The van der Waals surface area contributed by atoms with Gasteiger partial charge in [0.2, 0.25) is 0 Å². The summed E-state index contributed by atoms with van der Waals surface area (Å²) in [7, 11) is 0. The normalized spacial score (nSPS) is 12.8. The highest BCUT2D eigenvalue weighted by atomic mass is 79.9. The van der Waals surface area contributed by atoms with Crippen LogP contribution in [-0.4, -0.2) is 23.7 Å². The molecule has 0 fully saturated rings. The Morgan fingerprint density at radius 3 is 2.65 bits per heavy atom. The minimum atomic E-state index is -0.998. The monoisotopic (exact) mass is 375 g/mol. The second-order valence-electron chi connectivity index (χ2n) is 5.20. The highest BCUT2D eigenvalue weighted by molar-refractivity contribution is 9.10. The molecule has 0 saturated carbocycles. The van der Waals surface area contributed by atoms with E-state index in [4.69, 9.17) is 4.74 Å². The zero-order valence-corrected chi connectivity index (χ0v) is 13.7. The number of rotatable bonds is 3. The van der Waals surface area contributed by atoms with Gasteiger partial charge in [-0.25, -0.2) is 9.59 Å². The van der Waals surface area contributed by atoms with E-state index >= 15 is 0 Å². The number of carbonyl (C=O) groups is 2. The Morgan fingerprint density at radius 1 is 1.22 bits per heavy atom. The zero-order valence-electron chi connectivity index (χ0n) is 12.2. The lowest BCUT2D eigenvalue weighted by Gasteiger charge is -2.17. The molecule has 5 nitrogen and oxygen atoms in total. The summed E-state index contributed by atoms with van der Waals surface area (Å²) in [5.41, 5.74) is 2.38. The number of ether oxygens (including phenoxy) is 1. The molecule has 2 aromatic rings. The first-order valence-corrected chi connectivity index (χ1v) is 7.89. The van der Waals surface area contributed by atoms with Crippen molar-refractivity contribution in [1.29, 1.82) is 0 Å². The van der Waals surface area contributed by atoms with Gasteiger partial charge < -0.3 is 9.84 Å². The SMILES string of the molecule is O=C(O)c1cc(Br)cc2c1CCN2C(=O)OCc1ccccc1. The first-order valence-electron chi connectivity index (χ1n) is 7.10. The van der Waals surface area contributed by atoms with Crippen molar-refractivity contribution in [3.8, 4) is 0 Å². The van der Waals surface area contributed by atoms with Crippen LogP contribution in [0.25, 0.3) is 0 Å². The molecule has 0 aliphatic carbocycles. The Labute approximate surface area is 141 Å². The molecule has 23 heavy (non-hydrogen) atoms. The number of carboxylic acid groups (broad SMARTS) is 1. The number of anilines is 1. The molecular formula is C17H14BrNO4. The molecule has 0 atom stereocenters. The van der Waals surface area contributed by atoms with Crippen LogP contribution in [0.2, 0.25) is 0 Å². The first-order chi connectivity index (χ1) is 11.1. The van der Waals surface area contributed by atoms with Crippen LogP contribution in [0, 0.1) is 0 Å². The fourth-order valence-corrected chi connectivity index (χ4v) is 3.09. The Bertz CT molecular complexity index is 761. The first kappa shape index (κ1) is 15.6. The largest absolute Gasteiger partial charge is 0.478 e. The van der Waals surface area contributed by atoms with Crippen LogP contribution < -0.4 is 4.90 Å². The molecular weight excluding hydrogens is 362 g/mol. The van der Waals surface area contributed by atoms with E-state index in [9.17, 15) is 14.7 Å². The van der Waals surface area contributed by atoms with Crippen molar-refractivity contribution in [3.63, 3.8) is 0 Å². The van der Waals surface area contributed by atoms with Gasteiger partial charge in [0.1, 0.15) is 6.61 Å². The number of nitrogens with zero attached hydrogens (tertiary/aromatic N) is 1. The van der Waals surface area contributed by atoms with Gasteiger partial charge in [-0.3, -0.25) is 4.90 Å². The van der Waals surface area contributed by atoms with Crippen LogP contribution in [0.4, 0.5) is 10.5 Å². The summed E-state index contributed by atoms with van der Waals surface area (Å²) < 4.78 is 5.96. The third-order valence-corrected chi connectivity index (χ3v) is 4.18. The van der Waals surface area contributed by atoms with Crippen LogP contribution in [0.15, 0.2) is 46.9 Å². The fourth-order valence-electron chi connectivity index (χ4n) is 2.65. The average Bonchev–Trinajstić information content (AvgIpc) is 2.96. The predicted molar refractivity (Wildman–Crippen MR) is 88.8 cm³/mol. The fraction of sp³-hybridized carbons (Fsp3) is 0.176. The minimum Gasteiger partial charge on any atom is -0.478 e. The summed E-state index contributed by atoms with van der Waals surface area (Å²) in [6, 6.07) is 12.7. The molecule has 1 amide bonds. The molecule has 0 unspecified atom stereocenters. The number of carbonyl (C=O) groups excluding carboxylic acids is 1. The third-order valence-electron chi connectivity index (χ3n) is 3.72. The number of hydrogen-bond acceptors (Lipinski definition) is 3. The van der Waals surface area contributed by atoms with Gasteiger partial charge in [0, 0.05) is 11.0 Å². The van der Waals surface area contributed by atoms with E-state index in [1.165, 1.54) is 4.90 Å². The molecule has 0 saturated heterocycles. The molecule has 1 aliphatic rings. The van der Waals surface area contributed by atoms with Gasteiger partial charge in [-0.15, -0.1) is 0 Å². The molecule has 2 aromatic carbocycles. The summed E-state index contributed by atoms with van der Waals surface area (Å²) in [5.74, 6) is -0.998. The van der Waals surface area contributed by atoms with E-state index in [1.807, 2.05) is 30.3 Å². The standard InChI is InChI=1S/C17H14BrNO4/c18-12-8-14(16(20)21)13-6-7-19(15(13)9-12)17(22)23-10-11-4-2-1-3-5-11/h1-5,8-9H,6-7,10H2,(H,20,21). The van der Waals surface area contributed by atoms with E-state index in [2.05, 4.69) is 15.9 Å². The summed E-state index contributed by atoms with van der Waals surface area (Å²) >= 11 is 3.29. The number of aromatic carboxylic acids is 1. The smallest absolute Gasteiger partial charge is 0.414 e. The lowest BCUT2D eigenvalue weighted by atomic mass is 10.1. The highest BCUT2D eigenvalue weighted by Crippen LogP contribution is 2.34. The number of amides is 1. The second kappa shape index (κ2) is 6.42. The Balaban J connectivity index is 1.79. The quantitative estimate of drug-likeness (QED) is 0.884. The van der Waals surface area contributed by atoms with Crippen molar-refractivity contribution in [2.75, 3.05) is 11.4 Å². The maximum atomic E-state index is 12.3. The van der Waals surface area contributed by atoms with Gasteiger partial charge in [-0.05, 0) is 29.7 Å². The Hall–Kier alpha value is -2.34. The van der Waals surface area contributed by atoms with Crippen molar-refractivity contribution in [2.24, 2.45) is 0 Å². The molecule has 0 aromatic heterocycles. The topological polar surface area (TPSA) is 66.8 Å². The summed E-state index contributed by atoms with van der Waals surface area (Å²) in [4.78, 5) is 25.1. The van der Waals surface area contributed by atoms with Crippen LogP contribution in [0.5, 0.6) is 0 Å². The molecule has 1 N–H and O–H groups in total. The van der Waals surface area contributed by atoms with Crippen LogP contribution in [0.3, 0.4) is 0 Å². The summed E-state index contributed by atoms with van der Waals surface area (Å²) in [6.45, 7) is 0.602. The lowest BCUT2D eigenvalue weighted by molar-refractivity contribution is 0.0695. The summed E-state index contributed by atoms with van der Waals surface area (Å²) in [5, 5.41) is 9.29. The van der Waals surface area contributed by atoms with Crippen molar-refractivity contribution >= 4 is 33.7 Å². The lowest BCUT2D eigenvalue weighted by Crippen LogP contribution is -2.29. The second-order valence-corrected chi connectivity index (χ2v) is 6.11. The van der Waals surface area contributed by atoms with Crippen molar-refractivity contribution in [2.45, 2.75) is 13.0 Å². The van der Waals surface area contributed by atoms with E-state index in [0.29, 0.717) is 28.7 Å². The Kier molecular flexibility index (Phi) is 4.34. The van der Waals surface area contributed by atoms with Gasteiger partial charge in [0.25, 0.3) is 0 Å². The van der Waals surface area contributed by atoms with Crippen molar-refractivity contribution in [1.82, 2.24) is 0 Å². The highest BCUT2D eigenvalue weighted by Gasteiger charge is 2.30. The van der Waals surface area contributed by atoms with E-state index in [-0.39, 0.29) is 12.2 Å². The molecule has 3 rings (SSSR count).